The molecule has 1 aromatic carbocycles. The second kappa shape index (κ2) is 6.83. The molecule has 0 saturated heterocycles. The Morgan fingerprint density at radius 1 is 1.43 bits per heavy atom. The highest BCUT2D eigenvalue weighted by molar-refractivity contribution is 5.73. The lowest BCUT2D eigenvalue weighted by Gasteiger charge is -2.30. The summed E-state index contributed by atoms with van der Waals surface area (Å²) in [5, 5.41) is 9.06. The highest BCUT2D eigenvalue weighted by Gasteiger charge is 2.29. The molecule has 2 unspecified atom stereocenters. The molecule has 2 aliphatic rings. The van der Waals surface area contributed by atoms with Crippen LogP contribution in [-0.2, 0) is 25.6 Å². The zero-order valence-corrected chi connectivity index (χ0v) is 12.4. The van der Waals surface area contributed by atoms with Crippen molar-refractivity contribution in [2.45, 2.75) is 19.1 Å². The summed E-state index contributed by atoms with van der Waals surface area (Å²) in [5.41, 5.74) is 0.744. The maximum atomic E-state index is 13.1. The number of carbonyl (C=O) groups is 1. The van der Waals surface area contributed by atoms with Gasteiger partial charge in [-0.15, -0.1) is 0 Å². The predicted molar refractivity (Wildman–Crippen MR) is 78.8 cm³/mol. The summed E-state index contributed by atoms with van der Waals surface area (Å²) in [4.78, 5) is 11.0. The van der Waals surface area contributed by atoms with E-state index in [4.69, 9.17) is 19.3 Å². The lowest BCUT2D eigenvalue weighted by Crippen LogP contribution is -2.32. The number of hydrogen-bond donors (Lipinski definition) is 1. The van der Waals surface area contributed by atoms with Crippen LogP contribution in [0.25, 0.3) is 0 Å². The van der Waals surface area contributed by atoms with E-state index in [0.717, 1.165) is 5.56 Å². The van der Waals surface area contributed by atoms with Gasteiger partial charge in [0.25, 0.3) is 0 Å². The molecule has 6 heteroatoms. The number of rotatable bonds is 5. The molecule has 0 fully saturated rings. The van der Waals surface area contributed by atoms with Crippen molar-refractivity contribution in [1.29, 1.82) is 0 Å². The van der Waals surface area contributed by atoms with E-state index in [1.165, 1.54) is 12.1 Å². The Balaban J connectivity index is 1.51. The second-order valence-electron chi connectivity index (χ2n) is 5.49. The quantitative estimate of drug-likeness (QED) is 0.903. The van der Waals surface area contributed by atoms with Gasteiger partial charge in [0.2, 0.25) is 0 Å². The highest BCUT2D eigenvalue weighted by Crippen LogP contribution is 2.30. The molecule has 0 amide bonds. The molecule has 1 heterocycles. The Labute approximate surface area is 133 Å². The molecule has 0 radical (unpaired) electrons. The fourth-order valence-corrected chi connectivity index (χ4v) is 2.50. The summed E-state index contributed by atoms with van der Waals surface area (Å²) >= 11 is 0. The van der Waals surface area contributed by atoms with Gasteiger partial charge in [0.1, 0.15) is 18.2 Å². The molecule has 3 rings (SSSR count). The first-order valence-electron chi connectivity index (χ1n) is 7.37. The van der Waals surface area contributed by atoms with Gasteiger partial charge in [-0.05, 0) is 23.8 Å². The van der Waals surface area contributed by atoms with E-state index >= 15 is 0 Å². The molecule has 1 aliphatic heterocycles. The average molecular weight is 320 g/mol. The maximum Gasteiger partial charge on any atom is 0.310 e. The first-order chi connectivity index (χ1) is 11.1. The first kappa shape index (κ1) is 15.6. The average Bonchev–Trinajstić information content (AvgIpc) is 2.54. The number of allylic oxidation sites excluding steroid dienone is 2. The van der Waals surface area contributed by atoms with Crippen molar-refractivity contribution in [2.75, 3.05) is 13.2 Å². The van der Waals surface area contributed by atoms with E-state index in [9.17, 15) is 9.18 Å². The summed E-state index contributed by atoms with van der Waals surface area (Å²) in [7, 11) is 0. The van der Waals surface area contributed by atoms with Crippen molar-refractivity contribution in [3.8, 4) is 0 Å². The standard InChI is InChI=1S/C17H17FO5/c18-13-3-1-2-11(6-13)8-21-9-14-10-22-15-5-4-12(17(19)20)7-16(15)23-14/h1-6,12,14H,7-10H2,(H,19,20). The molecule has 0 spiro atoms. The Morgan fingerprint density at radius 3 is 3.09 bits per heavy atom. The van der Waals surface area contributed by atoms with Gasteiger partial charge in [-0.1, -0.05) is 18.2 Å². The maximum absolute atomic E-state index is 13.1. The van der Waals surface area contributed by atoms with Crippen LogP contribution in [-0.4, -0.2) is 30.4 Å². The van der Waals surface area contributed by atoms with Gasteiger partial charge in [0, 0.05) is 6.42 Å². The van der Waals surface area contributed by atoms with E-state index in [1.54, 1.807) is 24.3 Å². The van der Waals surface area contributed by atoms with Crippen LogP contribution < -0.4 is 0 Å². The van der Waals surface area contributed by atoms with Crippen LogP contribution in [0.3, 0.4) is 0 Å². The van der Waals surface area contributed by atoms with Crippen LogP contribution in [0.1, 0.15) is 12.0 Å². The van der Waals surface area contributed by atoms with Gasteiger partial charge in [-0.25, -0.2) is 4.39 Å². The second-order valence-corrected chi connectivity index (χ2v) is 5.49. The molecule has 0 bridgehead atoms. The zero-order chi connectivity index (χ0) is 16.2. The summed E-state index contributed by atoms with van der Waals surface area (Å²) < 4.78 is 30.0. The van der Waals surface area contributed by atoms with Crippen molar-refractivity contribution < 1.29 is 28.5 Å². The molecule has 0 aromatic heterocycles. The normalized spacial score (nSPS) is 23.0. The fraction of sp³-hybridized carbons (Fsp3) is 0.353. The zero-order valence-electron chi connectivity index (χ0n) is 12.4. The number of ether oxygens (including phenoxy) is 3. The Hall–Kier alpha value is -2.34. The molecule has 122 valence electrons. The smallest absolute Gasteiger partial charge is 0.310 e. The largest absolute Gasteiger partial charge is 0.486 e. The van der Waals surface area contributed by atoms with Crippen LogP contribution in [0.2, 0.25) is 0 Å². The first-order valence-corrected chi connectivity index (χ1v) is 7.37. The molecule has 0 saturated carbocycles. The molecular weight excluding hydrogens is 303 g/mol. The van der Waals surface area contributed by atoms with Gasteiger partial charge >= 0.3 is 5.97 Å². The third kappa shape index (κ3) is 3.90. The minimum Gasteiger partial charge on any atom is -0.486 e. The third-order valence-corrected chi connectivity index (χ3v) is 3.67. The third-order valence-electron chi connectivity index (χ3n) is 3.67. The van der Waals surface area contributed by atoms with Crippen LogP contribution >= 0.6 is 0 Å². The van der Waals surface area contributed by atoms with E-state index in [2.05, 4.69) is 0 Å². The highest BCUT2D eigenvalue weighted by atomic mass is 19.1. The number of benzene rings is 1. The van der Waals surface area contributed by atoms with Crippen molar-refractivity contribution in [1.82, 2.24) is 0 Å². The van der Waals surface area contributed by atoms with Crippen LogP contribution in [0, 0.1) is 11.7 Å². The van der Waals surface area contributed by atoms with Gasteiger partial charge in [-0.3, -0.25) is 4.79 Å². The SMILES string of the molecule is O=C(O)C1C=CC2=C(C1)OC(COCc1cccc(F)c1)CO2. The molecule has 1 aliphatic carbocycles. The molecule has 1 N–H and O–H groups in total. The van der Waals surface area contributed by atoms with E-state index < -0.39 is 11.9 Å². The molecular formula is C17H17FO5. The Bertz CT molecular complexity index is 652. The van der Waals surface area contributed by atoms with Gasteiger partial charge in [0.05, 0.1) is 19.1 Å². The Morgan fingerprint density at radius 2 is 2.30 bits per heavy atom. The van der Waals surface area contributed by atoms with Gasteiger partial charge in [0.15, 0.2) is 11.9 Å². The van der Waals surface area contributed by atoms with E-state index in [-0.39, 0.29) is 31.6 Å². The van der Waals surface area contributed by atoms with Gasteiger partial charge in [-0.2, -0.15) is 0 Å². The van der Waals surface area contributed by atoms with Gasteiger partial charge < -0.3 is 19.3 Å². The minimum absolute atomic E-state index is 0.279. The van der Waals surface area contributed by atoms with Crippen molar-refractivity contribution in [3.63, 3.8) is 0 Å². The Kier molecular flexibility index (Phi) is 4.62. The summed E-state index contributed by atoms with van der Waals surface area (Å²) in [6.07, 6.45) is 3.22. The van der Waals surface area contributed by atoms with Crippen LogP contribution in [0.4, 0.5) is 4.39 Å². The molecule has 23 heavy (non-hydrogen) atoms. The number of carboxylic acids is 1. The molecule has 5 nitrogen and oxygen atoms in total. The summed E-state index contributed by atoms with van der Waals surface area (Å²) in [6, 6.07) is 6.21. The number of aliphatic carboxylic acids is 1. The number of halogens is 1. The van der Waals surface area contributed by atoms with Crippen LogP contribution in [0.15, 0.2) is 47.9 Å². The van der Waals surface area contributed by atoms with Crippen molar-refractivity contribution in [3.05, 3.63) is 59.3 Å². The van der Waals surface area contributed by atoms with E-state index in [0.29, 0.717) is 18.1 Å². The lowest BCUT2D eigenvalue weighted by atomic mass is 9.98. The lowest BCUT2D eigenvalue weighted by molar-refractivity contribution is -0.140. The topological polar surface area (TPSA) is 65.0 Å². The minimum atomic E-state index is -0.888. The summed E-state index contributed by atoms with van der Waals surface area (Å²) in [6.45, 7) is 0.903. The number of hydrogen-bond acceptors (Lipinski definition) is 4. The fourth-order valence-electron chi connectivity index (χ4n) is 2.50. The van der Waals surface area contributed by atoms with E-state index in [1.807, 2.05) is 0 Å². The number of carboxylic acid groups (broad SMARTS) is 1. The van der Waals surface area contributed by atoms with Crippen molar-refractivity contribution in [2.24, 2.45) is 5.92 Å². The van der Waals surface area contributed by atoms with Crippen LogP contribution in [0.5, 0.6) is 0 Å². The molecule has 2 atom stereocenters. The van der Waals surface area contributed by atoms with Crippen molar-refractivity contribution >= 4 is 5.97 Å². The molecule has 1 aromatic rings. The summed E-state index contributed by atoms with van der Waals surface area (Å²) in [5.74, 6) is -0.647. The monoisotopic (exact) mass is 320 g/mol. The predicted octanol–water partition coefficient (Wildman–Crippen LogP) is 2.63.